The summed E-state index contributed by atoms with van der Waals surface area (Å²) < 4.78 is 1.72. The van der Waals surface area contributed by atoms with Gasteiger partial charge in [0.1, 0.15) is 0 Å². The molecule has 0 aliphatic carbocycles. The summed E-state index contributed by atoms with van der Waals surface area (Å²) in [4.78, 5) is 10.6. The number of rotatable bonds is 3. The summed E-state index contributed by atoms with van der Waals surface area (Å²) in [5, 5.41) is 16.3. The van der Waals surface area contributed by atoms with Gasteiger partial charge in [-0.3, -0.25) is 14.8 Å². The quantitative estimate of drug-likeness (QED) is 0.449. The number of nitrogens with zero attached hydrogens (tertiary/aromatic N) is 3. The fraction of sp³-hybridized carbons (Fsp3) is 0.0714. The normalized spacial score (nSPS) is 10.8. The Labute approximate surface area is 114 Å². The van der Waals surface area contributed by atoms with Crippen LogP contribution in [-0.2, 0) is 6.54 Å². The Balaban J connectivity index is 2.06. The second-order valence-corrected chi connectivity index (χ2v) is 4.51. The fourth-order valence-corrected chi connectivity index (χ4v) is 2.20. The summed E-state index contributed by atoms with van der Waals surface area (Å²) >= 11 is 0. The van der Waals surface area contributed by atoms with Crippen molar-refractivity contribution in [3.8, 4) is 0 Å². The molecule has 0 saturated heterocycles. The van der Waals surface area contributed by atoms with Crippen LogP contribution >= 0.6 is 0 Å². The molecule has 1 aromatic heterocycles. The first-order valence-electron chi connectivity index (χ1n) is 6.08. The molecule has 6 nitrogen and oxygen atoms in total. The van der Waals surface area contributed by atoms with Gasteiger partial charge in [-0.05, 0) is 18.2 Å². The van der Waals surface area contributed by atoms with Gasteiger partial charge in [-0.1, -0.05) is 18.2 Å². The zero-order valence-electron chi connectivity index (χ0n) is 10.6. The third-order valence-electron chi connectivity index (χ3n) is 3.18. The summed E-state index contributed by atoms with van der Waals surface area (Å²) in [7, 11) is 0. The predicted molar refractivity (Wildman–Crippen MR) is 76.3 cm³/mol. The van der Waals surface area contributed by atoms with Crippen LogP contribution in [0.2, 0.25) is 0 Å². The van der Waals surface area contributed by atoms with E-state index in [1.165, 1.54) is 6.07 Å². The smallest absolute Gasteiger partial charge is 0.274 e. The Morgan fingerprint density at radius 3 is 2.85 bits per heavy atom. The SMILES string of the molecule is Nc1ccc2cnn(Cc3ccccc3[N+](=O)[O-])c2c1. The van der Waals surface area contributed by atoms with Gasteiger partial charge in [0, 0.05) is 17.1 Å². The zero-order chi connectivity index (χ0) is 14.1. The lowest BCUT2D eigenvalue weighted by Crippen LogP contribution is -2.04. The van der Waals surface area contributed by atoms with Crippen LogP contribution < -0.4 is 5.73 Å². The van der Waals surface area contributed by atoms with Gasteiger partial charge >= 0.3 is 0 Å². The van der Waals surface area contributed by atoms with Gasteiger partial charge in [-0.25, -0.2) is 0 Å². The molecule has 0 aliphatic rings. The highest BCUT2D eigenvalue weighted by molar-refractivity contribution is 5.81. The summed E-state index contributed by atoms with van der Waals surface area (Å²) in [6.45, 7) is 0.337. The lowest BCUT2D eigenvalue weighted by molar-refractivity contribution is -0.385. The first-order valence-corrected chi connectivity index (χ1v) is 6.08. The average molecular weight is 268 g/mol. The molecule has 0 spiro atoms. The molecule has 0 atom stereocenters. The van der Waals surface area contributed by atoms with Crippen LogP contribution in [-0.4, -0.2) is 14.7 Å². The lowest BCUT2D eigenvalue weighted by Gasteiger charge is -2.05. The van der Waals surface area contributed by atoms with E-state index >= 15 is 0 Å². The molecule has 0 unspecified atom stereocenters. The fourth-order valence-electron chi connectivity index (χ4n) is 2.20. The van der Waals surface area contributed by atoms with Gasteiger partial charge in [0.05, 0.1) is 28.7 Å². The molecule has 2 aromatic carbocycles. The number of para-hydroxylation sites is 1. The predicted octanol–water partition coefficient (Wildman–Crippen LogP) is 2.58. The van der Waals surface area contributed by atoms with Crippen molar-refractivity contribution in [3.63, 3.8) is 0 Å². The van der Waals surface area contributed by atoms with Crippen molar-refractivity contribution in [3.05, 3.63) is 64.3 Å². The maximum Gasteiger partial charge on any atom is 0.274 e. The van der Waals surface area contributed by atoms with Crippen molar-refractivity contribution in [2.24, 2.45) is 0 Å². The first kappa shape index (κ1) is 12.2. The van der Waals surface area contributed by atoms with Crippen LogP contribution in [0.5, 0.6) is 0 Å². The second-order valence-electron chi connectivity index (χ2n) is 4.51. The molecule has 0 fully saturated rings. The molecule has 3 aromatic rings. The van der Waals surface area contributed by atoms with E-state index in [9.17, 15) is 10.1 Å². The van der Waals surface area contributed by atoms with E-state index in [0.717, 1.165) is 10.9 Å². The molecule has 6 heteroatoms. The second kappa shape index (κ2) is 4.65. The standard InChI is InChI=1S/C14H12N4O2/c15-12-6-5-10-8-16-17(14(10)7-12)9-11-3-1-2-4-13(11)18(19)20/h1-8H,9,15H2. The summed E-state index contributed by atoms with van der Waals surface area (Å²) in [5.74, 6) is 0. The minimum Gasteiger partial charge on any atom is -0.399 e. The van der Waals surface area contributed by atoms with Gasteiger partial charge in [0.2, 0.25) is 0 Å². The highest BCUT2D eigenvalue weighted by Gasteiger charge is 2.14. The van der Waals surface area contributed by atoms with Crippen molar-refractivity contribution in [1.82, 2.24) is 9.78 Å². The molecular weight excluding hydrogens is 256 g/mol. The van der Waals surface area contributed by atoms with Gasteiger partial charge < -0.3 is 5.73 Å². The molecular formula is C14H12N4O2. The number of hydrogen-bond acceptors (Lipinski definition) is 4. The molecule has 0 radical (unpaired) electrons. The van der Waals surface area contributed by atoms with Crippen LogP contribution in [0.15, 0.2) is 48.7 Å². The summed E-state index contributed by atoms with van der Waals surface area (Å²) in [6, 6.07) is 12.2. The molecule has 0 aliphatic heterocycles. The number of anilines is 1. The van der Waals surface area contributed by atoms with Crippen molar-refractivity contribution in [2.75, 3.05) is 5.73 Å². The summed E-state index contributed by atoms with van der Waals surface area (Å²) in [5.41, 5.74) is 7.99. The van der Waals surface area contributed by atoms with Crippen LogP contribution in [0, 0.1) is 10.1 Å². The number of nitrogens with two attached hydrogens (primary N) is 1. The molecule has 20 heavy (non-hydrogen) atoms. The van der Waals surface area contributed by atoms with Crippen molar-refractivity contribution in [1.29, 1.82) is 0 Å². The van der Waals surface area contributed by atoms with E-state index in [1.807, 2.05) is 12.1 Å². The lowest BCUT2D eigenvalue weighted by atomic mass is 10.2. The molecule has 0 bridgehead atoms. The van der Waals surface area contributed by atoms with E-state index < -0.39 is 0 Å². The van der Waals surface area contributed by atoms with E-state index in [1.54, 1.807) is 35.1 Å². The molecule has 100 valence electrons. The van der Waals surface area contributed by atoms with Crippen LogP contribution in [0.1, 0.15) is 5.56 Å². The minimum absolute atomic E-state index is 0.0973. The van der Waals surface area contributed by atoms with E-state index in [4.69, 9.17) is 5.73 Å². The largest absolute Gasteiger partial charge is 0.399 e. The van der Waals surface area contributed by atoms with Crippen LogP contribution in [0.3, 0.4) is 0 Å². The topological polar surface area (TPSA) is 87.0 Å². The minimum atomic E-state index is -0.380. The third kappa shape index (κ3) is 2.07. The number of nitro groups is 1. The van der Waals surface area contributed by atoms with Gasteiger partial charge in [-0.2, -0.15) is 5.10 Å². The van der Waals surface area contributed by atoms with Gasteiger partial charge in [-0.15, -0.1) is 0 Å². The number of hydrogen-bond donors (Lipinski definition) is 1. The highest BCUT2D eigenvalue weighted by Crippen LogP contribution is 2.22. The van der Waals surface area contributed by atoms with E-state index in [2.05, 4.69) is 5.10 Å². The Morgan fingerprint density at radius 2 is 2.05 bits per heavy atom. The maximum absolute atomic E-state index is 11.0. The average Bonchev–Trinajstić information content (AvgIpc) is 2.82. The Kier molecular flexibility index (Phi) is 2.83. The number of aromatic nitrogens is 2. The molecule has 2 N–H and O–H groups in total. The first-order chi connectivity index (χ1) is 9.65. The van der Waals surface area contributed by atoms with Crippen LogP contribution in [0.25, 0.3) is 10.9 Å². The van der Waals surface area contributed by atoms with Crippen molar-refractivity contribution in [2.45, 2.75) is 6.54 Å². The molecule has 0 amide bonds. The maximum atomic E-state index is 11.0. The summed E-state index contributed by atoms with van der Waals surface area (Å²) in [6.07, 6.45) is 1.73. The molecule has 0 saturated carbocycles. The van der Waals surface area contributed by atoms with Gasteiger partial charge in [0.15, 0.2) is 0 Å². The number of fused-ring (bicyclic) bond motifs is 1. The highest BCUT2D eigenvalue weighted by atomic mass is 16.6. The number of nitro benzene ring substituents is 1. The van der Waals surface area contributed by atoms with E-state index in [-0.39, 0.29) is 10.6 Å². The van der Waals surface area contributed by atoms with E-state index in [0.29, 0.717) is 17.8 Å². The third-order valence-corrected chi connectivity index (χ3v) is 3.18. The van der Waals surface area contributed by atoms with Crippen LogP contribution in [0.4, 0.5) is 11.4 Å². The number of nitrogen functional groups attached to an aromatic ring is 1. The Morgan fingerprint density at radius 1 is 1.25 bits per heavy atom. The monoisotopic (exact) mass is 268 g/mol. The molecule has 1 heterocycles. The Bertz CT molecular complexity index is 795. The molecule has 3 rings (SSSR count). The Hall–Kier alpha value is -2.89. The van der Waals surface area contributed by atoms with Crippen molar-refractivity contribution >= 4 is 22.3 Å². The van der Waals surface area contributed by atoms with Crippen molar-refractivity contribution < 1.29 is 4.92 Å². The van der Waals surface area contributed by atoms with Gasteiger partial charge in [0.25, 0.3) is 5.69 Å². The number of benzene rings is 2. The zero-order valence-corrected chi connectivity index (χ0v) is 10.6.